The van der Waals surface area contributed by atoms with Gasteiger partial charge in [0.15, 0.2) is 0 Å². The summed E-state index contributed by atoms with van der Waals surface area (Å²) >= 11 is 1.16. The first-order valence-corrected chi connectivity index (χ1v) is 9.55. The Bertz CT molecular complexity index is 516. The van der Waals surface area contributed by atoms with Crippen LogP contribution in [0.5, 0.6) is 0 Å². The van der Waals surface area contributed by atoms with Gasteiger partial charge in [-0.1, -0.05) is 32.6 Å². The third-order valence-electron chi connectivity index (χ3n) is 4.06. The molecule has 114 valence electrons. The second kappa shape index (κ2) is 7.02. The van der Waals surface area contributed by atoms with Crippen LogP contribution in [0.15, 0.2) is 15.7 Å². The highest BCUT2D eigenvalue weighted by Crippen LogP contribution is 2.30. The minimum Gasteiger partial charge on any atom is -0.392 e. The van der Waals surface area contributed by atoms with E-state index in [2.05, 4.69) is 11.6 Å². The van der Waals surface area contributed by atoms with E-state index in [9.17, 15) is 8.42 Å². The standard InChI is InChI=1S/C14H23NO3S2/c1-11-2-4-12(5-3-11)6-7-15-20(17,18)14-8-13(9-16)10-19-14/h8,10-12,15-16H,2-7,9H2,1H3. The van der Waals surface area contributed by atoms with Crippen LogP contribution >= 0.6 is 11.3 Å². The Morgan fingerprint density at radius 1 is 1.35 bits per heavy atom. The third-order valence-corrected chi connectivity index (χ3v) is 7.01. The molecule has 1 heterocycles. The topological polar surface area (TPSA) is 66.4 Å². The van der Waals surface area contributed by atoms with Crippen molar-refractivity contribution in [3.63, 3.8) is 0 Å². The minimum atomic E-state index is -3.40. The molecule has 6 heteroatoms. The number of aliphatic hydroxyl groups excluding tert-OH is 1. The highest BCUT2D eigenvalue weighted by atomic mass is 32.2. The molecule has 2 rings (SSSR count). The Morgan fingerprint density at radius 2 is 2.05 bits per heavy atom. The van der Waals surface area contributed by atoms with Gasteiger partial charge >= 0.3 is 0 Å². The van der Waals surface area contributed by atoms with Gasteiger partial charge in [-0.15, -0.1) is 11.3 Å². The lowest BCUT2D eigenvalue weighted by Crippen LogP contribution is -2.26. The largest absolute Gasteiger partial charge is 0.392 e. The van der Waals surface area contributed by atoms with Gasteiger partial charge in [-0.2, -0.15) is 0 Å². The molecule has 0 aromatic carbocycles. The molecule has 0 unspecified atom stereocenters. The normalized spacial score (nSPS) is 23.9. The predicted octanol–water partition coefficient (Wildman–Crippen LogP) is 2.74. The van der Waals surface area contributed by atoms with Gasteiger partial charge in [0.05, 0.1) is 6.61 Å². The summed E-state index contributed by atoms with van der Waals surface area (Å²) in [5.74, 6) is 1.48. The molecule has 0 amide bonds. The van der Waals surface area contributed by atoms with Crippen molar-refractivity contribution in [2.75, 3.05) is 6.54 Å². The molecular weight excluding hydrogens is 294 g/mol. The Hall–Kier alpha value is -0.430. The van der Waals surface area contributed by atoms with Gasteiger partial charge in [0.25, 0.3) is 0 Å². The van der Waals surface area contributed by atoms with Gasteiger partial charge in [-0.3, -0.25) is 0 Å². The van der Waals surface area contributed by atoms with Crippen molar-refractivity contribution in [2.45, 2.75) is 49.8 Å². The Labute approximate surface area is 125 Å². The molecule has 2 N–H and O–H groups in total. The van der Waals surface area contributed by atoms with E-state index in [0.29, 0.717) is 22.2 Å². The van der Waals surface area contributed by atoms with Crippen molar-refractivity contribution < 1.29 is 13.5 Å². The number of aliphatic hydroxyl groups is 1. The number of rotatable bonds is 6. The van der Waals surface area contributed by atoms with Crippen molar-refractivity contribution in [1.29, 1.82) is 0 Å². The maximum atomic E-state index is 12.1. The van der Waals surface area contributed by atoms with E-state index in [1.54, 1.807) is 5.38 Å². The van der Waals surface area contributed by atoms with Crippen LogP contribution in [-0.4, -0.2) is 20.1 Å². The van der Waals surface area contributed by atoms with Crippen LogP contribution in [0.25, 0.3) is 0 Å². The quantitative estimate of drug-likeness (QED) is 0.848. The molecule has 1 saturated carbocycles. The van der Waals surface area contributed by atoms with Crippen molar-refractivity contribution >= 4 is 21.4 Å². The van der Waals surface area contributed by atoms with Gasteiger partial charge in [0.2, 0.25) is 10.0 Å². The lowest BCUT2D eigenvalue weighted by Gasteiger charge is -2.25. The molecule has 20 heavy (non-hydrogen) atoms. The summed E-state index contributed by atoms with van der Waals surface area (Å²) in [5.41, 5.74) is 0.650. The van der Waals surface area contributed by atoms with Crippen molar-refractivity contribution in [3.05, 3.63) is 17.0 Å². The van der Waals surface area contributed by atoms with Gasteiger partial charge in [0, 0.05) is 6.54 Å². The van der Waals surface area contributed by atoms with E-state index in [1.165, 1.54) is 31.7 Å². The van der Waals surface area contributed by atoms with Crippen LogP contribution in [0.4, 0.5) is 0 Å². The molecule has 1 aliphatic carbocycles. The molecule has 1 fully saturated rings. The fourth-order valence-corrected chi connectivity index (χ4v) is 4.96. The Kier molecular flexibility index (Phi) is 5.60. The summed E-state index contributed by atoms with van der Waals surface area (Å²) in [6.45, 7) is 2.68. The number of thiophene rings is 1. The maximum Gasteiger partial charge on any atom is 0.250 e. The second-order valence-corrected chi connectivity index (χ2v) is 8.65. The number of hydrogen-bond acceptors (Lipinski definition) is 4. The third kappa shape index (κ3) is 4.28. The predicted molar refractivity (Wildman–Crippen MR) is 81.2 cm³/mol. The monoisotopic (exact) mass is 317 g/mol. The number of nitrogens with one attached hydrogen (secondary N) is 1. The van der Waals surface area contributed by atoms with Crippen molar-refractivity contribution in [1.82, 2.24) is 4.72 Å². The molecule has 4 nitrogen and oxygen atoms in total. The van der Waals surface area contributed by atoms with Crippen LogP contribution in [0.1, 0.15) is 44.6 Å². The number of hydrogen-bond donors (Lipinski definition) is 2. The molecule has 0 atom stereocenters. The SMILES string of the molecule is CC1CCC(CCNS(=O)(=O)c2cc(CO)cs2)CC1. The number of sulfonamides is 1. The first kappa shape index (κ1) is 15.9. The molecule has 0 saturated heterocycles. The van der Waals surface area contributed by atoms with E-state index in [4.69, 9.17) is 5.11 Å². The molecule has 1 aromatic heterocycles. The highest BCUT2D eigenvalue weighted by Gasteiger charge is 2.20. The summed E-state index contributed by atoms with van der Waals surface area (Å²) in [6.07, 6.45) is 5.89. The fraction of sp³-hybridized carbons (Fsp3) is 0.714. The van der Waals surface area contributed by atoms with E-state index in [0.717, 1.165) is 23.7 Å². The van der Waals surface area contributed by atoms with Crippen LogP contribution in [0.2, 0.25) is 0 Å². The van der Waals surface area contributed by atoms with Gasteiger partial charge in [0.1, 0.15) is 4.21 Å². The van der Waals surface area contributed by atoms with E-state index in [-0.39, 0.29) is 6.61 Å². The molecule has 0 radical (unpaired) electrons. The fourth-order valence-electron chi connectivity index (χ4n) is 2.66. The minimum absolute atomic E-state index is 0.119. The van der Waals surface area contributed by atoms with E-state index >= 15 is 0 Å². The van der Waals surface area contributed by atoms with Gasteiger partial charge in [-0.25, -0.2) is 13.1 Å². The molecule has 0 spiro atoms. The summed E-state index contributed by atoms with van der Waals surface area (Å²) < 4.78 is 27.1. The van der Waals surface area contributed by atoms with E-state index in [1.807, 2.05) is 0 Å². The zero-order valence-electron chi connectivity index (χ0n) is 11.8. The smallest absolute Gasteiger partial charge is 0.250 e. The maximum absolute atomic E-state index is 12.1. The average molecular weight is 317 g/mol. The van der Waals surface area contributed by atoms with Gasteiger partial charge in [-0.05, 0) is 35.3 Å². The van der Waals surface area contributed by atoms with Crippen LogP contribution in [0, 0.1) is 11.8 Å². The first-order chi connectivity index (χ1) is 9.51. The average Bonchev–Trinajstić information content (AvgIpc) is 2.90. The van der Waals surface area contributed by atoms with E-state index < -0.39 is 10.0 Å². The lowest BCUT2D eigenvalue weighted by molar-refractivity contribution is 0.278. The molecular formula is C14H23NO3S2. The zero-order valence-corrected chi connectivity index (χ0v) is 13.5. The second-order valence-electron chi connectivity index (χ2n) is 5.74. The van der Waals surface area contributed by atoms with Crippen LogP contribution in [0.3, 0.4) is 0 Å². The lowest BCUT2D eigenvalue weighted by atomic mass is 9.81. The summed E-state index contributed by atoms with van der Waals surface area (Å²) in [5, 5.41) is 10.7. The zero-order chi connectivity index (χ0) is 14.6. The molecule has 0 aliphatic heterocycles. The van der Waals surface area contributed by atoms with Crippen molar-refractivity contribution in [2.24, 2.45) is 11.8 Å². The van der Waals surface area contributed by atoms with Crippen LogP contribution < -0.4 is 4.72 Å². The highest BCUT2D eigenvalue weighted by molar-refractivity contribution is 7.91. The summed E-state index contributed by atoms with van der Waals surface area (Å²) in [6, 6.07) is 1.54. The summed E-state index contributed by atoms with van der Waals surface area (Å²) in [4.78, 5) is 0. The Morgan fingerprint density at radius 3 is 2.65 bits per heavy atom. The van der Waals surface area contributed by atoms with Gasteiger partial charge < -0.3 is 5.11 Å². The Balaban J connectivity index is 1.80. The first-order valence-electron chi connectivity index (χ1n) is 7.19. The molecule has 1 aliphatic rings. The summed E-state index contributed by atoms with van der Waals surface area (Å²) in [7, 11) is -3.40. The van der Waals surface area contributed by atoms with Crippen LogP contribution in [-0.2, 0) is 16.6 Å². The molecule has 1 aromatic rings. The molecule has 0 bridgehead atoms. The van der Waals surface area contributed by atoms with Crippen molar-refractivity contribution in [3.8, 4) is 0 Å².